The highest BCUT2D eigenvalue weighted by molar-refractivity contribution is 7.45. The average molecular weight is 369 g/mol. The van der Waals surface area contributed by atoms with E-state index >= 15 is 0 Å². The summed E-state index contributed by atoms with van der Waals surface area (Å²) < 4.78 is 27.7. The standard InChI is InChI=1S/C11H15N8O5P/c1-22-25(20,21)23-3-7-6(17-18-13)2-8(24-7)19-5-16-9-10(12)14-4-15-11(9)19/h4-8H,2-3H2,1H3,(H,20,21)(H2,12,14,15)/p-1/t6-,7-,8?/m1/s1. The second-order valence-corrected chi connectivity index (χ2v) is 6.66. The molecule has 3 rings (SSSR count). The van der Waals surface area contributed by atoms with Crippen LogP contribution in [0.15, 0.2) is 17.8 Å². The second-order valence-electron chi connectivity index (χ2n) is 5.15. The van der Waals surface area contributed by atoms with Gasteiger partial charge in [0.05, 0.1) is 25.1 Å². The minimum absolute atomic E-state index is 0.223. The molecule has 134 valence electrons. The van der Waals surface area contributed by atoms with Crippen molar-refractivity contribution in [1.82, 2.24) is 19.5 Å². The van der Waals surface area contributed by atoms with Crippen molar-refractivity contribution in [1.29, 1.82) is 0 Å². The van der Waals surface area contributed by atoms with E-state index in [2.05, 4.69) is 29.5 Å². The summed E-state index contributed by atoms with van der Waals surface area (Å²) in [5.41, 5.74) is 15.3. The fraction of sp³-hybridized carbons (Fsp3) is 0.545. The van der Waals surface area contributed by atoms with Gasteiger partial charge < -0.3 is 24.4 Å². The highest BCUT2D eigenvalue weighted by Gasteiger charge is 2.37. The third-order valence-electron chi connectivity index (χ3n) is 3.72. The molecule has 1 saturated heterocycles. The lowest BCUT2D eigenvalue weighted by atomic mass is 10.1. The number of imidazole rings is 1. The van der Waals surface area contributed by atoms with Crippen molar-refractivity contribution in [3.8, 4) is 0 Å². The Morgan fingerprint density at radius 3 is 3.12 bits per heavy atom. The molecule has 2 aromatic rings. The molecule has 0 saturated carbocycles. The molecular formula is C11H14N8O5P-. The molecule has 4 atom stereocenters. The minimum Gasteiger partial charge on any atom is -0.756 e. The number of phosphoric acid groups is 1. The molecule has 2 N–H and O–H groups in total. The number of azide groups is 1. The van der Waals surface area contributed by atoms with Gasteiger partial charge in [0, 0.05) is 18.4 Å². The van der Waals surface area contributed by atoms with E-state index < -0.39 is 26.2 Å². The van der Waals surface area contributed by atoms with Crippen molar-refractivity contribution < 1.29 is 23.2 Å². The van der Waals surface area contributed by atoms with Crippen LogP contribution in [0.1, 0.15) is 12.6 Å². The monoisotopic (exact) mass is 369 g/mol. The van der Waals surface area contributed by atoms with Gasteiger partial charge in [-0.3, -0.25) is 9.13 Å². The summed E-state index contributed by atoms with van der Waals surface area (Å²) in [7, 11) is -3.43. The van der Waals surface area contributed by atoms with E-state index in [9.17, 15) is 9.46 Å². The number of ether oxygens (including phenoxy) is 1. The van der Waals surface area contributed by atoms with Gasteiger partial charge in [-0.05, 0) is 5.53 Å². The SMILES string of the molecule is COP(=O)([O-])OC[C@H]1OC(n2cnc3c(N)ncnc32)C[C@H]1N=[N+]=[N-]. The topological polar surface area (TPSA) is 186 Å². The third kappa shape index (κ3) is 3.56. The smallest absolute Gasteiger partial charge is 0.267 e. The Morgan fingerprint density at radius 1 is 1.60 bits per heavy atom. The molecule has 0 amide bonds. The molecule has 1 aliphatic heterocycles. The zero-order valence-corrected chi connectivity index (χ0v) is 13.9. The number of rotatable bonds is 6. The van der Waals surface area contributed by atoms with E-state index in [1.54, 1.807) is 4.57 Å². The highest BCUT2D eigenvalue weighted by atomic mass is 31.2. The van der Waals surface area contributed by atoms with Gasteiger partial charge in [0.15, 0.2) is 11.5 Å². The zero-order valence-electron chi connectivity index (χ0n) is 13.0. The maximum atomic E-state index is 11.3. The Labute approximate surface area is 141 Å². The molecule has 14 heteroatoms. The molecular weight excluding hydrogens is 355 g/mol. The zero-order chi connectivity index (χ0) is 18.0. The van der Waals surface area contributed by atoms with Crippen molar-refractivity contribution >= 4 is 24.8 Å². The van der Waals surface area contributed by atoms with Crippen molar-refractivity contribution in [2.45, 2.75) is 24.8 Å². The molecule has 1 fully saturated rings. The van der Waals surface area contributed by atoms with Crippen molar-refractivity contribution in [3.63, 3.8) is 0 Å². The van der Waals surface area contributed by atoms with Gasteiger partial charge in [-0.1, -0.05) is 5.11 Å². The lowest BCUT2D eigenvalue weighted by molar-refractivity contribution is -0.225. The molecule has 0 spiro atoms. The van der Waals surface area contributed by atoms with Crippen LogP contribution in [0.25, 0.3) is 21.6 Å². The number of phosphoric ester groups is 1. The number of aromatic nitrogens is 4. The summed E-state index contributed by atoms with van der Waals surface area (Å²) in [6.45, 7) is -0.349. The van der Waals surface area contributed by atoms with Crippen LogP contribution in [0.2, 0.25) is 0 Å². The first-order chi connectivity index (χ1) is 11.9. The summed E-state index contributed by atoms with van der Waals surface area (Å²) in [5.74, 6) is 0.223. The molecule has 25 heavy (non-hydrogen) atoms. The molecule has 1 aliphatic rings. The van der Waals surface area contributed by atoms with Crippen LogP contribution < -0.4 is 10.6 Å². The normalized spacial score (nSPS) is 25.6. The Hall–Kier alpha value is -2.27. The first-order valence-electron chi connectivity index (χ1n) is 7.09. The van der Waals surface area contributed by atoms with Crippen LogP contribution in [-0.2, 0) is 18.3 Å². The largest absolute Gasteiger partial charge is 0.756 e. The summed E-state index contributed by atoms with van der Waals surface area (Å²) >= 11 is 0. The fourth-order valence-electron chi connectivity index (χ4n) is 2.52. The summed E-state index contributed by atoms with van der Waals surface area (Å²) in [4.78, 5) is 26.2. The summed E-state index contributed by atoms with van der Waals surface area (Å²) in [5, 5.41) is 3.64. The van der Waals surface area contributed by atoms with Gasteiger partial charge in [-0.2, -0.15) is 0 Å². The maximum Gasteiger partial charge on any atom is 0.267 e. The lowest BCUT2D eigenvalue weighted by Gasteiger charge is -2.23. The molecule has 3 heterocycles. The van der Waals surface area contributed by atoms with E-state index in [0.29, 0.717) is 11.2 Å². The predicted octanol–water partition coefficient (Wildman–Crippen LogP) is 0.506. The Kier molecular flexibility index (Phi) is 4.86. The molecule has 2 unspecified atom stereocenters. The first kappa shape index (κ1) is 17.5. The molecule has 2 aromatic heterocycles. The number of nitrogens with zero attached hydrogens (tertiary/aromatic N) is 7. The van der Waals surface area contributed by atoms with Crippen molar-refractivity contribution in [3.05, 3.63) is 23.1 Å². The number of nitrogen functional groups attached to an aromatic ring is 1. The third-order valence-corrected chi connectivity index (χ3v) is 4.63. The van der Waals surface area contributed by atoms with Gasteiger partial charge in [0.25, 0.3) is 7.82 Å². The van der Waals surface area contributed by atoms with Gasteiger partial charge in [0.2, 0.25) is 0 Å². The van der Waals surface area contributed by atoms with Crippen LogP contribution in [-0.4, -0.2) is 45.4 Å². The van der Waals surface area contributed by atoms with Crippen molar-refractivity contribution in [2.75, 3.05) is 19.5 Å². The van der Waals surface area contributed by atoms with Crippen LogP contribution in [0.3, 0.4) is 0 Å². The number of hydrogen-bond acceptors (Lipinski definition) is 10. The Balaban J connectivity index is 1.82. The van der Waals surface area contributed by atoms with Gasteiger partial charge in [0.1, 0.15) is 18.1 Å². The van der Waals surface area contributed by atoms with E-state index in [4.69, 9.17) is 20.5 Å². The van der Waals surface area contributed by atoms with Gasteiger partial charge >= 0.3 is 0 Å². The average Bonchev–Trinajstić information content (AvgIpc) is 3.18. The second kappa shape index (κ2) is 6.92. The molecule has 0 bridgehead atoms. The molecule has 0 aliphatic carbocycles. The Morgan fingerprint density at radius 2 is 2.40 bits per heavy atom. The van der Waals surface area contributed by atoms with E-state index in [0.717, 1.165) is 7.11 Å². The quantitative estimate of drug-likeness (QED) is 0.327. The highest BCUT2D eigenvalue weighted by Crippen LogP contribution is 2.40. The molecule has 0 radical (unpaired) electrons. The van der Waals surface area contributed by atoms with E-state index in [1.807, 2.05) is 0 Å². The number of anilines is 1. The number of hydrogen-bond donors (Lipinski definition) is 1. The van der Waals surface area contributed by atoms with Crippen molar-refractivity contribution in [2.24, 2.45) is 5.11 Å². The summed E-state index contributed by atoms with van der Waals surface area (Å²) in [6, 6.07) is -0.636. The van der Waals surface area contributed by atoms with Crippen LogP contribution in [0, 0.1) is 0 Å². The van der Waals surface area contributed by atoms with Gasteiger partial charge in [-0.15, -0.1) is 0 Å². The van der Waals surface area contributed by atoms with E-state index in [-0.39, 0.29) is 18.8 Å². The first-order valence-corrected chi connectivity index (χ1v) is 8.55. The maximum absolute atomic E-state index is 11.3. The van der Waals surface area contributed by atoms with Crippen LogP contribution in [0.4, 0.5) is 5.82 Å². The van der Waals surface area contributed by atoms with Crippen LogP contribution >= 0.6 is 7.82 Å². The predicted molar refractivity (Wildman–Crippen MR) is 81.8 cm³/mol. The van der Waals surface area contributed by atoms with Crippen LogP contribution in [0.5, 0.6) is 0 Å². The summed E-state index contributed by atoms with van der Waals surface area (Å²) in [6.07, 6.45) is 1.68. The number of nitrogens with two attached hydrogens (primary N) is 1. The molecule has 0 aromatic carbocycles. The van der Waals surface area contributed by atoms with E-state index in [1.165, 1.54) is 12.7 Å². The molecule has 13 nitrogen and oxygen atoms in total. The van der Waals surface area contributed by atoms with Gasteiger partial charge in [-0.25, -0.2) is 15.0 Å². The minimum atomic E-state index is -4.42. The Bertz CT molecular complexity index is 867. The number of fused-ring (bicyclic) bond motifs is 1. The lowest BCUT2D eigenvalue weighted by Crippen LogP contribution is -2.26. The fourth-order valence-corrected chi connectivity index (χ4v) is 2.96.